The number of rotatable bonds is 12. The first kappa shape index (κ1) is 37.6. The third-order valence-corrected chi connectivity index (χ3v) is 9.26. The predicted molar refractivity (Wildman–Crippen MR) is 181 cm³/mol. The molecular weight excluding hydrogens is 724 g/mol. The molecule has 4 rings (SSSR count). The molecule has 15 nitrogen and oxygen atoms in total. The number of methoxy groups -OCH3 is 1. The van der Waals surface area contributed by atoms with Gasteiger partial charge in [0.15, 0.2) is 10.8 Å². The molecule has 0 aliphatic carbocycles. The highest BCUT2D eigenvalue weighted by Gasteiger charge is 2.54. The van der Waals surface area contributed by atoms with Gasteiger partial charge in [-0.15, -0.1) is 23.4 Å². The Hall–Kier alpha value is -4.26. The van der Waals surface area contributed by atoms with Crippen molar-refractivity contribution in [3.63, 3.8) is 0 Å². The van der Waals surface area contributed by atoms with Crippen molar-refractivity contribution in [3.8, 4) is 5.75 Å². The summed E-state index contributed by atoms with van der Waals surface area (Å²) in [4.78, 5) is 74.6. The van der Waals surface area contributed by atoms with Crippen molar-refractivity contribution in [3.05, 3.63) is 63.5 Å². The van der Waals surface area contributed by atoms with Crippen LogP contribution in [0, 0.1) is 0 Å². The fourth-order valence-electron chi connectivity index (χ4n) is 4.21. The number of β-lactam (4-membered cyclic amide) rings is 1. The van der Waals surface area contributed by atoms with Crippen molar-refractivity contribution in [2.45, 2.75) is 44.4 Å². The summed E-state index contributed by atoms with van der Waals surface area (Å²) in [5, 5.41) is 7.82. The van der Waals surface area contributed by atoms with Crippen molar-refractivity contribution in [1.29, 1.82) is 0 Å². The number of thioether (sulfide) groups is 1. The molecule has 2 aromatic rings. The molecular formula is C29H28BCl2N5O10S2. The molecule has 1 aromatic carbocycles. The van der Waals surface area contributed by atoms with Gasteiger partial charge in [-0.3, -0.25) is 19.8 Å². The van der Waals surface area contributed by atoms with Crippen LogP contribution in [0.4, 0.5) is 9.93 Å². The van der Waals surface area contributed by atoms with Gasteiger partial charge >= 0.3 is 26.1 Å². The second-order valence-corrected chi connectivity index (χ2v) is 14.0. The number of hydrogen-bond donors (Lipinski definition) is 2. The van der Waals surface area contributed by atoms with Crippen molar-refractivity contribution < 1.29 is 47.7 Å². The molecule has 1 fully saturated rings. The maximum atomic E-state index is 13.6. The Labute approximate surface area is 299 Å². The van der Waals surface area contributed by atoms with Crippen LogP contribution < -0.4 is 15.4 Å². The number of anilines is 1. The molecule has 3 heterocycles. The average molecular weight is 752 g/mol. The number of ether oxygens (including phenoxy) is 3. The number of benzene rings is 1. The molecule has 0 spiro atoms. The zero-order valence-corrected chi connectivity index (χ0v) is 29.5. The highest BCUT2D eigenvalue weighted by molar-refractivity contribution is 8.00. The first-order valence-electron chi connectivity index (χ1n) is 14.0. The van der Waals surface area contributed by atoms with Crippen LogP contribution in [-0.4, -0.2) is 89.3 Å². The Morgan fingerprint density at radius 3 is 2.51 bits per heavy atom. The Morgan fingerprint density at radius 1 is 1.20 bits per heavy atom. The maximum absolute atomic E-state index is 13.6. The Balaban J connectivity index is 1.53. The molecule has 49 heavy (non-hydrogen) atoms. The molecule has 2 aliphatic heterocycles. The van der Waals surface area contributed by atoms with Crippen molar-refractivity contribution in [1.82, 2.24) is 15.2 Å². The molecule has 0 saturated carbocycles. The van der Waals surface area contributed by atoms with Crippen molar-refractivity contribution in [2.24, 2.45) is 5.16 Å². The van der Waals surface area contributed by atoms with Crippen LogP contribution >= 0.6 is 46.3 Å². The van der Waals surface area contributed by atoms with Gasteiger partial charge in [-0.05, 0) is 50.6 Å². The lowest BCUT2D eigenvalue weighted by Crippen LogP contribution is -2.71. The number of halogens is 2. The van der Waals surface area contributed by atoms with Crippen LogP contribution in [0.3, 0.4) is 0 Å². The lowest BCUT2D eigenvalue weighted by Gasteiger charge is -2.49. The fourth-order valence-corrected chi connectivity index (χ4v) is 6.92. The van der Waals surface area contributed by atoms with Crippen LogP contribution in [0.5, 0.6) is 5.75 Å². The summed E-state index contributed by atoms with van der Waals surface area (Å²) in [5.74, 6) is -3.47. The first-order valence-corrected chi connectivity index (χ1v) is 16.8. The minimum absolute atomic E-state index is 0.0167. The van der Waals surface area contributed by atoms with Gasteiger partial charge in [0, 0.05) is 11.6 Å². The van der Waals surface area contributed by atoms with Gasteiger partial charge in [-0.1, -0.05) is 40.2 Å². The smallest absolute Gasteiger partial charge is 0.413 e. The molecule has 3 amide bonds. The third kappa shape index (κ3) is 9.06. The highest BCUT2D eigenvalue weighted by atomic mass is 35.5. The minimum Gasteiger partial charge on any atom is -0.538 e. The zero-order chi connectivity index (χ0) is 36.0. The molecule has 1 aromatic heterocycles. The number of esters is 1. The molecule has 258 valence electrons. The number of carbonyl (C=O) groups excluding carboxylic acids is 5. The van der Waals surface area contributed by atoms with E-state index in [2.05, 4.69) is 32.0 Å². The molecule has 1 saturated heterocycles. The summed E-state index contributed by atoms with van der Waals surface area (Å²) in [6, 6.07) is 5.73. The number of alkyl halides is 1. The molecule has 2 atom stereocenters. The van der Waals surface area contributed by atoms with Crippen molar-refractivity contribution >= 4 is 95.0 Å². The van der Waals surface area contributed by atoms with Crippen LogP contribution in [-0.2, 0) is 44.8 Å². The quantitative estimate of drug-likeness (QED) is 0.0470. The number of oxime groups is 1. The second kappa shape index (κ2) is 16.0. The summed E-state index contributed by atoms with van der Waals surface area (Å²) in [7, 11) is 6.38. The third-order valence-electron chi connectivity index (χ3n) is 6.43. The average Bonchev–Trinajstić information content (AvgIpc) is 3.42. The van der Waals surface area contributed by atoms with E-state index in [1.165, 1.54) is 23.8 Å². The molecule has 2 unspecified atom stereocenters. The van der Waals surface area contributed by atoms with Crippen molar-refractivity contribution in [2.75, 3.05) is 24.1 Å². The van der Waals surface area contributed by atoms with E-state index >= 15 is 0 Å². The number of carbonyl (C=O) groups is 5. The highest BCUT2D eigenvalue weighted by Crippen LogP contribution is 2.41. The summed E-state index contributed by atoms with van der Waals surface area (Å²) in [5.41, 5.74) is -0.563. The van der Waals surface area contributed by atoms with E-state index in [0.717, 1.165) is 11.3 Å². The molecule has 2 N–H and O–H groups in total. The van der Waals surface area contributed by atoms with E-state index in [9.17, 15) is 24.0 Å². The number of thiazole rings is 1. The number of fused-ring (bicyclic) bond motifs is 1. The Morgan fingerprint density at radius 2 is 1.90 bits per heavy atom. The lowest BCUT2D eigenvalue weighted by molar-refractivity contribution is -0.153. The summed E-state index contributed by atoms with van der Waals surface area (Å²) in [6.07, 6.45) is -0.847. The number of aromatic nitrogens is 1. The molecule has 0 bridgehead atoms. The van der Waals surface area contributed by atoms with E-state index in [1.807, 2.05) is 0 Å². The largest absolute Gasteiger partial charge is 0.538 e. The maximum Gasteiger partial charge on any atom is 0.413 e. The predicted octanol–water partition coefficient (Wildman–Crippen LogP) is 3.65. The van der Waals surface area contributed by atoms with E-state index < -0.39 is 58.3 Å². The Kier molecular flexibility index (Phi) is 12.2. The van der Waals surface area contributed by atoms with E-state index in [-0.39, 0.29) is 39.1 Å². The van der Waals surface area contributed by atoms with Crippen LogP contribution in [0.1, 0.15) is 32.0 Å². The van der Waals surface area contributed by atoms with Crippen LogP contribution in [0.2, 0.25) is 4.34 Å². The van der Waals surface area contributed by atoms with Crippen LogP contribution in [0.25, 0.3) is 0 Å². The first-order chi connectivity index (χ1) is 23.2. The lowest BCUT2D eigenvalue weighted by atomic mass is 10.0. The molecule has 2 aliphatic rings. The standard InChI is InChI=1S/C29H28BCl2N5O10S2/c1-13(25(40)46-30)47-36-18(17-21(32)49-27(34-17)35-28(42)45-29(2,3)4)22(38)33-19-23(39)37-20(15(10-31)12-48-24(19)37)26(41)44-11-14-6-8-16(43-5)9-7-14/h6-9,19,24H,1,10-12H2,2-5H3,(H,33,38)(H,34,35,42). The monoisotopic (exact) mass is 751 g/mol. The zero-order valence-electron chi connectivity index (χ0n) is 26.4. The number of amides is 3. The number of hydrogen-bond acceptors (Lipinski definition) is 14. The second-order valence-electron chi connectivity index (χ2n) is 11.0. The SMILES string of the molecule is [B]OC(=O)C(=C)ON=C(C(=O)NC1C(=O)N2C(C(=O)OCc3ccc(OC)cc3)=C(CCl)CSC12)c1nc(NC(=O)OC(C)(C)C)sc1Cl. The van der Waals surface area contributed by atoms with E-state index in [4.69, 9.17) is 50.3 Å². The van der Waals surface area contributed by atoms with E-state index in [1.54, 1.807) is 45.0 Å². The topological polar surface area (TPSA) is 184 Å². The number of nitrogens with zero attached hydrogens (tertiary/aromatic N) is 3. The summed E-state index contributed by atoms with van der Waals surface area (Å²) in [6.45, 7) is 8.22. The van der Waals surface area contributed by atoms with Gasteiger partial charge < -0.3 is 29.0 Å². The van der Waals surface area contributed by atoms with Crippen LogP contribution in [0.15, 0.2) is 53.0 Å². The van der Waals surface area contributed by atoms with Gasteiger partial charge in [0.25, 0.3) is 11.8 Å². The molecule has 2 radical (unpaired) electrons. The number of nitrogens with one attached hydrogen (secondary N) is 2. The molecule has 20 heteroatoms. The minimum atomic E-state index is -1.20. The van der Waals surface area contributed by atoms with E-state index in [0.29, 0.717) is 16.9 Å². The Bertz CT molecular complexity index is 1730. The van der Waals surface area contributed by atoms with Gasteiger partial charge in [0.1, 0.15) is 45.1 Å². The van der Waals surface area contributed by atoms with Gasteiger partial charge in [0.05, 0.1) is 7.11 Å². The normalized spacial score (nSPS) is 17.3. The summed E-state index contributed by atoms with van der Waals surface area (Å²) >= 11 is 14.5. The summed E-state index contributed by atoms with van der Waals surface area (Å²) < 4.78 is 19.8. The van der Waals surface area contributed by atoms with Gasteiger partial charge in [-0.25, -0.2) is 19.4 Å². The fraction of sp³-hybridized carbons (Fsp3) is 0.345. The van der Waals surface area contributed by atoms with Gasteiger partial charge in [-0.2, -0.15) is 0 Å². The van der Waals surface area contributed by atoms with Gasteiger partial charge in [0.2, 0.25) is 5.76 Å².